The van der Waals surface area contributed by atoms with Crippen molar-refractivity contribution in [2.24, 2.45) is 4.99 Å². The van der Waals surface area contributed by atoms with E-state index in [9.17, 15) is 0 Å². The van der Waals surface area contributed by atoms with Gasteiger partial charge in [0.1, 0.15) is 5.84 Å². The molecule has 3 rings (SSSR count). The van der Waals surface area contributed by atoms with Crippen LogP contribution in [0, 0.1) is 0 Å². The van der Waals surface area contributed by atoms with E-state index in [4.69, 9.17) is 0 Å². The number of rotatable bonds is 3. The van der Waals surface area contributed by atoms with Gasteiger partial charge in [0.2, 0.25) is 0 Å². The van der Waals surface area contributed by atoms with Gasteiger partial charge in [-0.15, -0.1) is 0 Å². The number of amidine groups is 1. The van der Waals surface area contributed by atoms with E-state index in [-0.39, 0.29) is 0 Å². The Morgan fingerprint density at radius 2 is 1.58 bits per heavy atom. The lowest BCUT2D eigenvalue weighted by molar-refractivity contribution is 0.938. The summed E-state index contributed by atoms with van der Waals surface area (Å²) in [4.78, 5) is 6.99. The monoisotopic (exact) mass is 250 g/mol. The maximum absolute atomic E-state index is 4.65. The SMILES string of the molecule is c1ccc(CN(C2=NCCC2)c2ccccc2)cc1. The summed E-state index contributed by atoms with van der Waals surface area (Å²) in [6.07, 6.45) is 2.26. The number of aliphatic imine (C=N–C) groups is 1. The van der Waals surface area contributed by atoms with Crippen molar-refractivity contribution in [1.82, 2.24) is 0 Å². The van der Waals surface area contributed by atoms with Gasteiger partial charge in [-0.1, -0.05) is 48.5 Å². The van der Waals surface area contributed by atoms with Gasteiger partial charge in [0.15, 0.2) is 0 Å². The van der Waals surface area contributed by atoms with Crippen LogP contribution in [0.15, 0.2) is 65.7 Å². The average molecular weight is 250 g/mol. The molecule has 0 fully saturated rings. The van der Waals surface area contributed by atoms with Crippen molar-refractivity contribution in [3.05, 3.63) is 66.2 Å². The standard InChI is InChI=1S/C17H18N2/c1-3-8-15(9-4-1)14-19(17-12-7-13-18-17)16-10-5-2-6-11-16/h1-6,8-11H,7,12-14H2. The minimum absolute atomic E-state index is 0.893. The summed E-state index contributed by atoms with van der Waals surface area (Å²) in [6, 6.07) is 21.1. The summed E-state index contributed by atoms with van der Waals surface area (Å²) in [6.45, 7) is 1.86. The molecule has 0 bridgehead atoms. The Hall–Kier alpha value is -2.09. The Morgan fingerprint density at radius 1 is 0.895 bits per heavy atom. The maximum atomic E-state index is 4.65. The van der Waals surface area contributed by atoms with Crippen molar-refractivity contribution in [2.45, 2.75) is 19.4 Å². The van der Waals surface area contributed by atoms with Crippen molar-refractivity contribution in [2.75, 3.05) is 11.4 Å². The van der Waals surface area contributed by atoms with Gasteiger partial charge in [-0.25, -0.2) is 0 Å². The molecule has 1 aliphatic rings. The molecule has 0 spiro atoms. The van der Waals surface area contributed by atoms with E-state index in [0.29, 0.717) is 0 Å². The van der Waals surface area contributed by atoms with Gasteiger partial charge in [-0.2, -0.15) is 0 Å². The number of hydrogen-bond donors (Lipinski definition) is 0. The van der Waals surface area contributed by atoms with E-state index >= 15 is 0 Å². The summed E-state index contributed by atoms with van der Waals surface area (Å²) in [7, 11) is 0. The molecule has 19 heavy (non-hydrogen) atoms. The molecule has 0 aromatic heterocycles. The van der Waals surface area contributed by atoms with Crippen molar-refractivity contribution in [3.8, 4) is 0 Å². The van der Waals surface area contributed by atoms with Crippen molar-refractivity contribution in [1.29, 1.82) is 0 Å². The van der Waals surface area contributed by atoms with Crippen LogP contribution in [0.5, 0.6) is 0 Å². The van der Waals surface area contributed by atoms with Crippen LogP contribution in [0.2, 0.25) is 0 Å². The minimum Gasteiger partial charge on any atom is -0.326 e. The van der Waals surface area contributed by atoms with Crippen LogP contribution in [0.1, 0.15) is 18.4 Å². The third kappa shape index (κ3) is 2.84. The summed E-state index contributed by atoms with van der Waals surface area (Å²) < 4.78 is 0. The molecule has 0 saturated heterocycles. The third-order valence-electron chi connectivity index (χ3n) is 3.42. The van der Waals surface area contributed by atoms with Crippen molar-refractivity contribution < 1.29 is 0 Å². The highest BCUT2D eigenvalue weighted by Gasteiger charge is 2.16. The summed E-state index contributed by atoms with van der Waals surface area (Å²) >= 11 is 0. The van der Waals surface area contributed by atoms with Gasteiger partial charge in [0.05, 0.1) is 0 Å². The number of benzene rings is 2. The fourth-order valence-electron chi connectivity index (χ4n) is 2.45. The van der Waals surface area contributed by atoms with Crippen molar-refractivity contribution >= 4 is 11.5 Å². The van der Waals surface area contributed by atoms with Crippen LogP contribution in [0.4, 0.5) is 5.69 Å². The van der Waals surface area contributed by atoms with Gasteiger partial charge in [0, 0.05) is 25.2 Å². The fraction of sp³-hybridized carbons (Fsp3) is 0.235. The topological polar surface area (TPSA) is 15.6 Å². The Morgan fingerprint density at radius 3 is 2.21 bits per heavy atom. The first-order chi connectivity index (χ1) is 9.43. The van der Waals surface area contributed by atoms with E-state index < -0.39 is 0 Å². The number of para-hydroxylation sites is 1. The lowest BCUT2D eigenvalue weighted by Gasteiger charge is -2.25. The Balaban J connectivity index is 1.89. The van der Waals surface area contributed by atoms with Crippen LogP contribution < -0.4 is 4.90 Å². The van der Waals surface area contributed by atoms with Crippen LogP contribution in [0.25, 0.3) is 0 Å². The summed E-state index contributed by atoms with van der Waals surface area (Å²) in [5, 5.41) is 0. The van der Waals surface area contributed by atoms with Crippen LogP contribution in [-0.2, 0) is 6.54 Å². The molecule has 0 unspecified atom stereocenters. The Bertz CT molecular complexity index is 546. The van der Waals surface area contributed by atoms with Crippen LogP contribution >= 0.6 is 0 Å². The molecule has 96 valence electrons. The predicted octanol–water partition coefficient (Wildman–Crippen LogP) is 3.89. The molecule has 2 aromatic rings. The molecule has 0 radical (unpaired) electrons. The maximum Gasteiger partial charge on any atom is 0.104 e. The average Bonchev–Trinajstić information content (AvgIpc) is 3.01. The first kappa shape index (κ1) is 12.0. The highest BCUT2D eigenvalue weighted by molar-refractivity contribution is 5.98. The molecule has 2 heteroatoms. The number of anilines is 1. The van der Waals surface area contributed by atoms with E-state index in [2.05, 4.69) is 70.6 Å². The van der Waals surface area contributed by atoms with Crippen LogP contribution in [-0.4, -0.2) is 12.4 Å². The molecule has 0 saturated carbocycles. The van der Waals surface area contributed by atoms with Gasteiger partial charge in [-0.3, -0.25) is 4.99 Å². The van der Waals surface area contributed by atoms with Gasteiger partial charge >= 0.3 is 0 Å². The molecule has 0 atom stereocenters. The molecule has 0 amide bonds. The second-order valence-corrected chi connectivity index (χ2v) is 4.81. The number of hydrogen-bond acceptors (Lipinski definition) is 2. The number of nitrogens with zero attached hydrogens (tertiary/aromatic N) is 2. The lowest BCUT2D eigenvalue weighted by atomic mass is 10.2. The molecule has 2 nitrogen and oxygen atoms in total. The van der Waals surface area contributed by atoms with Crippen LogP contribution in [0.3, 0.4) is 0 Å². The van der Waals surface area contributed by atoms with Gasteiger partial charge in [-0.05, 0) is 24.1 Å². The molecule has 0 aliphatic carbocycles. The quantitative estimate of drug-likeness (QED) is 0.807. The molecule has 1 heterocycles. The molecular formula is C17H18N2. The largest absolute Gasteiger partial charge is 0.326 e. The summed E-state index contributed by atoms with van der Waals surface area (Å²) in [5.74, 6) is 1.22. The third-order valence-corrected chi connectivity index (χ3v) is 3.42. The Kier molecular flexibility index (Phi) is 3.59. The predicted molar refractivity (Wildman–Crippen MR) is 80.6 cm³/mol. The molecule has 2 aromatic carbocycles. The summed E-state index contributed by atoms with van der Waals surface area (Å²) in [5.41, 5.74) is 2.55. The first-order valence-corrected chi connectivity index (χ1v) is 6.83. The second kappa shape index (κ2) is 5.70. The smallest absolute Gasteiger partial charge is 0.104 e. The van der Waals surface area contributed by atoms with E-state index in [1.54, 1.807) is 0 Å². The molecular weight excluding hydrogens is 232 g/mol. The zero-order valence-corrected chi connectivity index (χ0v) is 11.0. The van der Waals surface area contributed by atoms with Crippen molar-refractivity contribution in [3.63, 3.8) is 0 Å². The normalized spacial score (nSPS) is 14.2. The van der Waals surface area contributed by atoms with E-state index in [1.807, 2.05) is 0 Å². The highest BCUT2D eigenvalue weighted by Crippen LogP contribution is 2.21. The fourth-order valence-corrected chi connectivity index (χ4v) is 2.45. The second-order valence-electron chi connectivity index (χ2n) is 4.81. The molecule has 1 aliphatic heterocycles. The van der Waals surface area contributed by atoms with Gasteiger partial charge < -0.3 is 4.90 Å². The lowest BCUT2D eigenvalue weighted by Crippen LogP contribution is -2.28. The minimum atomic E-state index is 0.893. The zero-order chi connectivity index (χ0) is 12.9. The van der Waals surface area contributed by atoms with E-state index in [0.717, 1.165) is 19.5 Å². The van der Waals surface area contributed by atoms with E-state index in [1.165, 1.54) is 23.5 Å². The Labute approximate surface area is 114 Å². The highest BCUT2D eigenvalue weighted by atomic mass is 15.2. The zero-order valence-electron chi connectivity index (χ0n) is 11.0. The first-order valence-electron chi connectivity index (χ1n) is 6.83. The molecule has 0 N–H and O–H groups in total. The van der Waals surface area contributed by atoms with Gasteiger partial charge in [0.25, 0.3) is 0 Å².